The van der Waals surface area contributed by atoms with Crippen molar-refractivity contribution in [2.45, 2.75) is 70.9 Å². The zero-order valence-corrected chi connectivity index (χ0v) is 16.7. The van der Waals surface area contributed by atoms with Crippen LogP contribution in [0, 0.1) is 5.92 Å². The lowest BCUT2D eigenvalue weighted by atomic mass is 10.0. The molecule has 0 aromatic heterocycles. The van der Waals surface area contributed by atoms with E-state index in [2.05, 4.69) is 17.1 Å². The Bertz CT molecular complexity index is 749. The summed E-state index contributed by atoms with van der Waals surface area (Å²) < 4.78 is 5.46. The van der Waals surface area contributed by atoms with Gasteiger partial charge >= 0.3 is 6.09 Å². The van der Waals surface area contributed by atoms with Gasteiger partial charge in [-0.05, 0) is 37.8 Å². The van der Waals surface area contributed by atoms with Crippen molar-refractivity contribution in [3.8, 4) is 5.75 Å². The molecule has 2 atom stereocenters. The summed E-state index contributed by atoms with van der Waals surface area (Å²) >= 11 is 6.36. The van der Waals surface area contributed by atoms with Crippen LogP contribution in [-0.4, -0.2) is 29.4 Å². The molecule has 0 radical (unpaired) electrons. The highest BCUT2D eigenvalue weighted by Crippen LogP contribution is 2.45. The molecule has 2 bridgehead atoms. The van der Waals surface area contributed by atoms with Gasteiger partial charge in [-0.2, -0.15) is 0 Å². The second-order valence-corrected chi connectivity index (χ2v) is 8.31. The molecule has 1 amide bonds. The zero-order valence-electron chi connectivity index (χ0n) is 16.0. The fourth-order valence-corrected chi connectivity index (χ4v) is 4.71. The third-order valence-corrected chi connectivity index (χ3v) is 6.26. The Kier molecular flexibility index (Phi) is 5.58. The Morgan fingerprint density at radius 2 is 2.15 bits per heavy atom. The van der Waals surface area contributed by atoms with Crippen LogP contribution in [0.15, 0.2) is 17.1 Å². The number of hydrogen-bond acceptors (Lipinski definition) is 4. The lowest BCUT2D eigenvalue weighted by Gasteiger charge is -2.34. The second kappa shape index (κ2) is 8.09. The fourth-order valence-electron chi connectivity index (χ4n) is 4.52. The van der Waals surface area contributed by atoms with E-state index >= 15 is 0 Å². The highest BCUT2D eigenvalue weighted by molar-refractivity contribution is 6.32. The Hall–Kier alpha value is -1.75. The van der Waals surface area contributed by atoms with Gasteiger partial charge in [-0.1, -0.05) is 44.2 Å². The molecule has 1 aromatic rings. The normalized spacial score (nSPS) is 22.3. The molecule has 1 saturated carbocycles. The Labute approximate surface area is 166 Å². The van der Waals surface area contributed by atoms with E-state index in [0.29, 0.717) is 29.3 Å². The minimum absolute atomic E-state index is 0.418. The summed E-state index contributed by atoms with van der Waals surface area (Å²) in [5.41, 5.74) is 2.00. The quantitative estimate of drug-likeness (QED) is 0.633. The molecule has 2 aliphatic heterocycles. The zero-order chi connectivity index (χ0) is 18.8. The standard InChI is InChI=1S/C21H28ClN3O2/c1-2-3-4-5-6-9-23-21(26)27-19-11-15-13-25-16-8-7-14(10-16)20(25)24-18(15)12-17(19)22/h11-12,14,16H,2-10,13H2,1H3,(H,23,26). The first-order valence-electron chi connectivity index (χ1n) is 10.3. The Balaban J connectivity index is 1.36. The molecule has 2 fully saturated rings. The summed E-state index contributed by atoms with van der Waals surface area (Å²) in [6.45, 7) is 3.66. The average Bonchev–Trinajstić information content (AvgIpc) is 3.26. The SMILES string of the molecule is CCCCCCCNC(=O)Oc1cc2c(cc1Cl)N=C1C3CCC(C3)N1C2. The number of carbonyl (C=O) groups excluding carboxylic acids is 1. The van der Waals surface area contributed by atoms with E-state index in [9.17, 15) is 4.79 Å². The van der Waals surface area contributed by atoms with Gasteiger partial charge in [0.25, 0.3) is 0 Å². The largest absolute Gasteiger partial charge is 0.412 e. The third-order valence-electron chi connectivity index (χ3n) is 5.97. The van der Waals surface area contributed by atoms with Gasteiger partial charge in [0, 0.05) is 30.6 Å². The molecule has 1 N–H and O–H groups in total. The minimum atomic E-state index is -0.437. The lowest BCUT2D eigenvalue weighted by Crippen LogP contribution is -2.38. The summed E-state index contributed by atoms with van der Waals surface area (Å²) in [5.74, 6) is 2.26. The van der Waals surface area contributed by atoms with Crippen LogP contribution >= 0.6 is 11.6 Å². The summed E-state index contributed by atoms with van der Waals surface area (Å²) in [7, 11) is 0. The number of ether oxygens (including phenoxy) is 1. The monoisotopic (exact) mass is 389 g/mol. The van der Waals surface area contributed by atoms with Crippen LogP contribution < -0.4 is 10.1 Å². The van der Waals surface area contributed by atoms with Crippen molar-refractivity contribution in [2.75, 3.05) is 6.54 Å². The molecule has 5 nitrogen and oxygen atoms in total. The summed E-state index contributed by atoms with van der Waals surface area (Å²) in [6.07, 6.45) is 9.09. The van der Waals surface area contributed by atoms with E-state index in [1.807, 2.05) is 12.1 Å². The van der Waals surface area contributed by atoms with Gasteiger partial charge < -0.3 is 15.0 Å². The van der Waals surface area contributed by atoms with Crippen molar-refractivity contribution in [1.82, 2.24) is 10.2 Å². The smallest absolute Gasteiger partial charge is 0.409 e. The molecule has 1 aliphatic carbocycles. The number of hydrogen-bond donors (Lipinski definition) is 1. The van der Waals surface area contributed by atoms with Gasteiger partial charge in [0.15, 0.2) is 5.75 Å². The first-order valence-corrected chi connectivity index (χ1v) is 10.7. The van der Waals surface area contributed by atoms with Crippen LogP contribution in [0.3, 0.4) is 0 Å². The van der Waals surface area contributed by atoms with Crippen molar-refractivity contribution in [2.24, 2.45) is 10.9 Å². The summed E-state index contributed by atoms with van der Waals surface area (Å²) in [5, 5.41) is 3.25. The van der Waals surface area contributed by atoms with E-state index < -0.39 is 6.09 Å². The van der Waals surface area contributed by atoms with E-state index in [1.165, 1.54) is 44.4 Å². The van der Waals surface area contributed by atoms with Gasteiger partial charge in [0.1, 0.15) is 5.84 Å². The van der Waals surface area contributed by atoms with Gasteiger partial charge in [-0.25, -0.2) is 9.79 Å². The van der Waals surface area contributed by atoms with E-state index in [4.69, 9.17) is 21.3 Å². The van der Waals surface area contributed by atoms with Crippen LogP contribution in [0.1, 0.15) is 63.9 Å². The Morgan fingerprint density at radius 3 is 3.00 bits per heavy atom. The van der Waals surface area contributed by atoms with Crippen molar-refractivity contribution in [3.63, 3.8) is 0 Å². The number of piperidine rings is 1. The molecule has 0 spiro atoms. The molecule has 3 aliphatic rings. The maximum Gasteiger partial charge on any atom is 0.412 e. The van der Waals surface area contributed by atoms with Gasteiger partial charge in [-0.3, -0.25) is 0 Å². The molecule has 1 saturated heterocycles. The molecule has 1 aromatic carbocycles. The highest BCUT2D eigenvalue weighted by atomic mass is 35.5. The maximum atomic E-state index is 12.1. The van der Waals surface area contributed by atoms with Gasteiger partial charge in [0.05, 0.1) is 10.7 Å². The van der Waals surface area contributed by atoms with Crippen molar-refractivity contribution >= 4 is 29.2 Å². The van der Waals surface area contributed by atoms with Crippen LogP contribution in [-0.2, 0) is 6.54 Å². The predicted molar refractivity (Wildman–Crippen MR) is 108 cm³/mol. The van der Waals surface area contributed by atoms with E-state index in [-0.39, 0.29) is 0 Å². The van der Waals surface area contributed by atoms with E-state index in [1.54, 1.807) is 0 Å². The lowest BCUT2D eigenvalue weighted by molar-refractivity contribution is 0.200. The molecule has 146 valence electrons. The van der Waals surface area contributed by atoms with Crippen molar-refractivity contribution < 1.29 is 9.53 Å². The first kappa shape index (κ1) is 18.6. The van der Waals surface area contributed by atoms with Crippen LogP contribution in [0.25, 0.3) is 0 Å². The first-order chi connectivity index (χ1) is 13.2. The number of carbonyl (C=O) groups is 1. The number of amides is 1. The van der Waals surface area contributed by atoms with Crippen molar-refractivity contribution in [3.05, 3.63) is 22.7 Å². The molecule has 2 heterocycles. The van der Waals surface area contributed by atoms with E-state index in [0.717, 1.165) is 30.6 Å². The summed E-state index contributed by atoms with van der Waals surface area (Å²) in [6, 6.07) is 4.34. The number of unbranched alkanes of at least 4 members (excludes halogenated alkanes) is 4. The number of amidine groups is 1. The number of rotatable bonds is 7. The summed E-state index contributed by atoms with van der Waals surface area (Å²) in [4.78, 5) is 19.4. The number of fused-ring (bicyclic) bond motifs is 6. The second-order valence-electron chi connectivity index (χ2n) is 7.90. The van der Waals surface area contributed by atoms with Crippen LogP contribution in [0.4, 0.5) is 10.5 Å². The minimum Gasteiger partial charge on any atom is -0.409 e. The molecule has 6 heteroatoms. The van der Waals surface area contributed by atoms with Gasteiger partial charge in [0.2, 0.25) is 0 Å². The number of aliphatic imine (C=N–C) groups is 1. The predicted octanol–water partition coefficient (Wildman–Crippen LogP) is 5.43. The number of nitrogens with zero attached hydrogens (tertiary/aromatic N) is 2. The van der Waals surface area contributed by atoms with Crippen LogP contribution in [0.2, 0.25) is 5.02 Å². The van der Waals surface area contributed by atoms with Gasteiger partial charge in [-0.15, -0.1) is 0 Å². The topological polar surface area (TPSA) is 53.9 Å². The number of benzene rings is 1. The number of nitrogens with one attached hydrogen (secondary N) is 1. The Morgan fingerprint density at radius 1 is 1.30 bits per heavy atom. The maximum absolute atomic E-state index is 12.1. The van der Waals surface area contributed by atoms with Crippen molar-refractivity contribution in [1.29, 1.82) is 0 Å². The average molecular weight is 390 g/mol. The van der Waals surface area contributed by atoms with Crippen LogP contribution in [0.5, 0.6) is 5.75 Å². The number of halogens is 1. The third kappa shape index (κ3) is 3.93. The fraction of sp³-hybridized carbons (Fsp3) is 0.619. The molecule has 2 unspecified atom stereocenters. The molecule has 4 rings (SSSR count). The molecular formula is C21H28ClN3O2. The molecular weight excluding hydrogens is 362 g/mol. The highest BCUT2D eigenvalue weighted by Gasteiger charge is 2.44. The molecule has 27 heavy (non-hydrogen) atoms.